The minimum Gasteiger partial charge on any atom is -0.347 e. The zero-order chi connectivity index (χ0) is 17.7. The molecule has 2 rings (SSSR count). The molecule has 2 aromatic carbocycles. The van der Waals surface area contributed by atoms with Gasteiger partial charge in [0.25, 0.3) is 11.8 Å². The van der Waals surface area contributed by atoms with Crippen molar-refractivity contribution in [3.05, 3.63) is 71.3 Å². The van der Waals surface area contributed by atoms with Crippen molar-refractivity contribution in [2.45, 2.75) is 39.3 Å². The van der Waals surface area contributed by atoms with Gasteiger partial charge in [0.05, 0.1) is 6.04 Å². The number of benzene rings is 2. The molecular formula is C20H24N2O2. The Hall–Kier alpha value is -2.62. The van der Waals surface area contributed by atoms with E-state index in [0.29, 0.717) is 11.1 Å². The van der Waals surface area contributed by atoms with Gasteiger partial charge in [0.2, 0.25) is 0 Å². The van der Waals surface area contributed by atoms with E-state index in [1.165, 1.54) is 0 Å². The lowest BCUT2D eigenvalue weighted by atomic mass is 10.1. The SMILES string of the molecule is CC(NC(=O)c1ccc(C(=O)NC(C)(C)C)cc1)c1ccccc1. The highest BCUT2D eigenvalue weighted by Gasteiger charge is 2.16. The predicted octanol–water partition coefficient (Wildman–Crippen LogP) is 3.71. The second-order valence-electron chi connectivity index (χ2n) is 6.89. The zero-order valence-corrected chi connectivity index (χ0v) is 14.6. The van der Waals surface area contributed by atoms with Crippen molar-refractivity contribution in [1.29, 1.82) is 0 Å². The first-order chi connectivity index (χ1) is 11.3. The molecule has 0 saturated heterocycles. The number of rotatable bonds is 4. The summed E-state index contributed by atoms with van der Waals surface area (Å²) in [7, 11) is 0. The van der Waals surface area contributed by atoms with Gasteiger partial charge in [0.15, 0.2) is 0 Å². The fourth-order valence-electron chi connectivity index (χ4n) is 2.29. The smallest absolute Gasteiger partial charge is 0.251 e. The Morgan fingerprint density at radius 3 is 1.83 bits per heavy atom. The van der Waals surface area contributed by atoms with E-state index in [1.807, 2.05) is 58.0 Å². The van der Waals surface area contributed by atoms with Crippen molar-refractivity contribution in [1.82, 2.24) is 10.6 Å². The molecule has 0 saturated carbocycles. The number of carbonyl (C=O) groups excluding carboxylic acids is 2. The van der Waals surface area contributed by atoms with Crippen LogP contribution in [0.15, 0.2) is 54.6 Å². The number of hydrogen-bond acceptors (Lipinski definition) is 2. The van der Waals surface area contributed by atoms with Crippen LogP contribution in [0.2, 0.25) is 0 Å². The minimum atomic E-state index is -0.293. The molecule has 1 atom stereocenters. The van der Waals surface area contributed by atoms with Crippen molar-refractivity contribution in [2.75, 3.05) is 0 Å². The van der Waals surface area contributed by atoms with E-state index < -0.39 is 0 Å². The second kappa shape index (κ2) is 7.30. The predicted molar refractivity (Wildman–Crippen MR) is 96.0 cm³/mol. The van der Waals surface area contributed by atoms with Crippen LogP contribution < -0.4 is 10.6 Å². The summed E-state index contributed by atoms with van der Waals surface area (Å²) in [6, 6.07) is 16.4. The van der Waals surface area contributed by atoms with E-state index in [-0.39, 0.29) is 23.4 Å². The largest absolute Gasteiger partial charge is 0.347 e. The average Bonchev–Trinajstić information content (AvgIpc) is 2.54. The Bertz CT molecular complexity index is 701. The molecule has 2 aromatic rings. The maximum atomic E-state index is 12.3. The van der Waals surface area contributed by atoms with E-state index in [1.54, 1.807) is 24.3 Å². The van der Waals surface area contributed by atoms with Crippen LogP contribution in [0.25, 0.3) is 0 Å². The highest BCUT2D eigenvalue weighted by atomic mass is 16.2. The quantitative estimate of drug-likeness (QED) is 0.901. The lowest BCUT2D eigenvalue weighted by Gasteiger charge is -2.20. The summed E-state index contributed by atoms with van der Waals surface area (Å²) in [5.74, 6) is -0.304. The highest BCUT2D eigenvalue weighted by molar-refractivity contribution is 5.98. The third-order valence-corrected chi connectivity index (χ3v) is 3.54. The summed E-state index contributed by atoms with van der Waals surface area (Å²) in [5.41, 5.74) is 1.83. The van der Waals surface area contributed by atoms with Crippen LogP contribution in [0, 0.1) is 0 Å². The van der Waals surface area contributed by atoms with Crippen LogP contribution in [0.5, 0.6) is 0 Å². The molecule has 0 aliphatic rings. The summed E-state index contributed by atoms with van der Waals surface area (Å²) in [6.07, 6.45) is 0. The number of amides is 2. The van der Waals surface area contributed by atoms with Gasteiger partial charge in [-0.2, -0.15) is 0 Å². The Balaban J connectivity index is 2.02. The first-order valence-corrected chi connectivity index (χ1v) is 8.04. The molecule has 0 aliphatic heterocycles. The van der Waals surface area contributed by atoms with Crippen LogP contribution >= 0.6 is 0 Å². The van der Waals surface area contributed by atoms with Gasteiger partial charge in [0, 0.05) is 16.7 Å². The molecule has 0 spiro atoms. The maximum absolute atomic E-state index is 12.3. The van der Waals surface area contributed by atoms with Crippen LogP contribution in [-0.4, -0.2) is 17.4 Å². The molecule has 24 heavy (non-hydrogen) atoms. The molecule has 0 aromatic heterocycles. The molecule has 0 radical (unpaired) electrons. The summed E-state index contributed by atoms with van der Waals surface area (Å²) in [6.45, 7) is 7.73. The van der Waals surface area contributed by atoms with Crippen molar-refractivity contribution < 1.29 is 9.59 Å². The minimum absolute atomic E-state index is 0.0810. The molecule has 0 aliphatic carbocycles. The standard InChI is InChI=1S/C20H24N2O2/c1-14(15-8-6-5-7-9-15)21-18(23)16-10-12-17(13-11-16)19(24)22-20(2,3)4/h5-14H,1-4H3,(H,21,23)(H,22,24). The van der Waals surface area contributed by atoms with E-state index in [9.17, 15) is 9.59 Å². The number of nitrogens with one attached hydrogen (secondary N) is 2. The van der Waals surface area contributed by atoms with Gasteiger partial charge in [0.1, 0.15) is 0 Å². The lowest BCUT2D eigenvalue weighted by molar-refractivity contribution is 0.0913. The van der Waals surface area contributed by atoms with Crippen LogP contribution in [-0.2, 0) is 0 Å². The third kappa shape index (κ3) is 4.95. The van der Waals surface area contributed by atoms with Gasteiger partial charge in [-0.1, -0.05) is 30.3 Å². The monoisotopic (exact) mass is 324 g/mol. The van der Waals surface area contributed by atoms with E-state index in [4.69, 9.17) is 0 Å². The molecular weight excluding hydrogens is 300 g/mol. The van der Waals surface area contributed by atoms with Crippen LogP contribution in [0.1, 0.15) is 60.0 Å². The van der Waals surface area contributed by atoms with Gasteiger partial charge < -0.3 is 10.6 Å². The van der Waals surface area contributed by atoms with Crippen molar-refractivity contribution in [3.63, 3.8) is 0 Å². The van der Waals surface area contributed by atoms with Crippen LogP contribution in [0.3, 0.4) is 0 Å². The second-order valence-corrected chi connectivity index (χ2v) is 6.89. The Morgan fingerprint density at radius 1 is 0.833 bits per heavy atom. The highest BCUT2D eigenvalue weighted by Crippen LogP contribution is 2.13. The molecule has 4 heteroatoms. The first-order valence-electron chi connectivity index (χ1n) is 8.04. The van der Waals surface area contributed by atoms with E-state index >= 15 is 0 Å². The third-order valence-electron chi connectivity index (χ3n) is 3.54. The molecule has 1 unspecified atom stereocenters. The fourth-order valence-corrected chi connectivity index (χ4v) is 2.29. The summed E-state index contributed by atoms with van der Waals surface area (Å²) in [5, 5.41) is 5.86. The molecule has 126 valence electrons. The molecule has 0 bridgehead atoms. The van der Waals surface area contributed by atoms with Crippen LogP contribution in [0.4, 0.5) is 0 Å². The number of hydrogen-bond donors (Lipinski definition) is 2. The van der Waals surface area contributed by atoms with E-state index in [0.717, 1.165) is 5.56 Å². The van der Waals surface area contributed by atoms with Gasteiger partial charge in [-0.15, -0.1) is 0 Å². The maximum Gasteiger partial charge on any atom is 0.251 e. The van der Waals surface area contributed by atoms with Gasteiger partial charge in [-0.05, 0) is 57.5 Å². The summed E-state index contributed by atoms with van der Waals surface area (Å²) in [4.78, 5) is 24.4. The first kappa shape index (κ1) is 17.7. The van der Waals surface area contributed by atoms with Gasteiger partial charge in [-0.3, -0.25) is 9.59 Å². The molecule has 4 nitrogen and oxygen atoms in total. The zero-order valence-electron chi connectivity index (χ0n) is 14.6. The summed E-state index contributed by atoms with van der Waals surface area (Å²) < 4.78 is 0. The molecule has 2 amide bonds. The average molecular weight is 324 g/mol. The Kier molecular flexibility index (Phi) is 5.39. The normalized spacial score (nSPS) is 12.3. The molecule has 0 heterocycles. The Morgan fingerprint density at radius 2 is 1.33 bits per heavy atom. The van der Waals surface area contributed by atoms with Gasteiger partial charge >= 0.3 is 0 Å². The summed E-state index contributed by atoms with van der Waals surface area (Å²) >= 11 is 0. The lowest BCUT2D eigenvalue weighted by Crippen LogP contribution is -2.40. The van der Waals surface area contributed by atoms with Crippen molar-refractivity contribution in [2.24, 2.45) is 0 Å². The fraction of sp³-hybridized carbons (Fsp3) is 0.300. The van der Waals surface area contributed by atoms with Crippen molar-refractivity contribution >= 4 is 11.8 Å². The number of carbonyl (C=O) groups is 2. The Labute approximate surface area is 143 Å². The van der Waals surface area contributed by atoms with Gasteiger partial charge in [-0.25, -0.2) is 0 Å². The van der Waals surface area contributed by atoms with E-state index in [2.05, 4.69) is 10.6 Å². The molecule has 0 fully saturated rings. The van der Waals surface area contributed by atoms with Crippen molar-refractivity contribution in [3.8, 4) is 0 Å². The molecule has 2 N–H and O–H groups in total. The topological polar surface area (TPSA) is 58.2 Å².